The molecule has 2 N–H and O–H groups in total. The van der Waals surface area contributed by atoms with E-state index < -0.39 is 0 Å². The Morgan fingerprint density at radius 3 is 2.66 bits per heavy atom. The van der Waals surface area contributed by atoms with Gasteiger partial charge in [-0.2, -0.15) is 0 Å². The number of carbonyl (C=O) groups is 2. The molecule has 3 rings (SSSR count). The van der Waals surface area contributed by atoms with Crippen LogP contribution in [0.25, 0.3) is 0 Å². The number of halogens is 1. The van der Waals surface area contributed by atoms with Crippen molar-refractivity contribution in [1.29, 1.82) is 0 Å². The van der Waals surface area contributed by atoms with Gasteiger partial charge in [-0.3, -0.25) is 9.59 Å². The van der Waals surface area contributed by atoms with Crippen LogP contribution in [-0.2, 0) is 11.3 Å². The maximum absolute atomic E-state index is 12.9. The summed E-state index contributed by atoms with van der Waals surface area (Å²) >= 11 is 7.54. The van der Waals surface area contributed by atoms with Gasteiger partial charge in [-0.05, 0) is 30.9 Å². The van der Waals surface area contributed by atoms with Crippen molar-refractivity contribution in [3.63, 3.8) is 0 Å². The van der Waals surface area contributed by atoms with Crippen LogP contribution >= 0.6 is 23.4 Å². The van der Waals surface area contributed by atoms with Gasteiger partial charge in [-0.1, -0.05) is 68.3 Å². The Kier molecular flexibility index (Phi) is 8.75. The molecule has 172 valence electrons. The van der Waals surface area contributed by atoms with Crippen molar-refractivity contribution in [2.24, 2.45) is 5.92 Å². The molecule has 0 spiro atoms. The molecule has 9 heteroatoms. The molecule has 2 aromatic rings. The predicted octanol–water partition coefficient (Wildman–Crippen LogP) is 4.40. The van der Waals surface area contributed by atoms with Crippen LogP contribution in [0.3, 0.4) is 0 Å². The highest BCUT2D eigenvalue weighted by molar-refractivity contribution is 7.99. The molecule has 0 saturated heterocycles. The van der Waals surface area contributed by atoms with Gasteiger partial charge in [0, 0.05) is 12.6 Å². The van der Waals surface area contributed by atoms with E-state index >= 15 is 0 Å². The highest BCUT2D eigenvalue weighted by atomic mass is 35.5. The van der Waals surface area contributed by atoms with Crippen LogP contribution in [0.4, 0.5) is 0 Å². The zero-order chi connectivity index (χ0) is 23.1. The third-order valence-corrected chi connectivity index (χ3v) is 6.76. The number of rotatable bonds is 10. The maximum Gasteiger partial charge on any atom is 0.253 e. The fourth-order valence-corrected chi connectivity index (χ4v) is 4.79. The number of amides is 2. The van der Waals surface area contributed by atoms with Crippen molar-refractivity contribution in [2.75, 3.05) is 5.75 Å². The molecule has 32 heavy (non-hydrogen) atoms. The maximum atomic E-state index is 12.9. The van der Waals surface area contributed by atoms with E-state index in [0.717, 1.165) is 12.8 Å². The van der Waals surface area contributed by atoms with Gasteiger partial charge in [0.1, 0.15) is 0 Å². The first kappa shape index (κ1) is 24.3. The molecule has 1 heterocycles. The summed E-state index contributed by atoms with van der Waals surface area (Å²) in [6.07, 6.45) is 6.20. The number of aromatic nitrogens is 3. The van der Waals surface area contributed by atoms with Gasteiger partial charge < -0.3 is 15.2 Å². The summed E-state index contributed by atoms with van der Waals surface area (Å²) in [7, 11) is 0. The minimum atomic E-state index is -0.382. The van der Waals surface area contributed by atoms with E-state index in [4.69, 9.17) is 11.6 Å². The van der Waals surface area contributed by atoms with Gasteiger partial charge in [0.15, 0.2) is 11.0 Å². The molecule has 0 unspecified atom stereocenters. The number of allylic oxidation sites excluding steroid dienone is 1. The summed E-state index contributed by atoms with van der Waals surface area (Å²) in [5.41, 5.74) is 0.410. The molecule has 1 aliphatic rings. The first-order valence-electron chi connectivity index (χ1n) is 10.9. The quantitative estimate of drug-likeness (QED) is 0.393. The van der Waals surface area contributed by atoms with Crippen LogP contribution in [0.2, 0.25) is 5.02 Å². The van der Waals surface area contributed by atoms with Crippen LogP contribution in [0, 0.1) is 5.92 Å². The van der Waals surface area contributed by atoms with Gasteiger partial charge >= 0.3 is 0 Å². The Morgan fingerprint density at radius 2 is 2.00 bits per heavy atom. The van der Waals surface area contributed by atoms with E-state index in [1.165, 1.54) is 24.6 Å². The molecule has 1 atom stereocenters. The smallest absolute Gasteiger partial charge is 0.253 e. The molecule has 0 bridgehead atoms. The summed E-state index contributed by atoms with van der Waals surface area (Å²) in [5, 5.41) is 15.8. The van der Waals surface area contributed by atoms with Crippen LogP contribution in [0.1, 0.15) is 61.8 Å². The lowest BCUT2D eigenvalue weighted by Gasteiger charge is -2.23. The summed E-state index contributed by atoms with van der Waals surface area (Å²) in [6, 6.07) is 6.84. The number of nitrogens with zero attached hydrogens (tertiary/aromatic N) is 3. The third kappa shape index (κ3) is 6.13. The van der Waals surface area contributed by atoms with Crippen molar-refractivity contribution in [1.82, 2.24) is 25.4 Å². The minimum absolute atomic E-state index is 0.00374. The van der Waals surface area contributed by atoms with Gasteiger partial charge in [0.05, 0.1) is 22.4 Å². The Hall–Kier alpha value is -2.32. The first-order chi connectivity index (χ1) is 15.4. The molecule has 7 nitrogen and oxygen atoms in total. The van der Waals surface area contributed by atoms with Crippen LogP contribution < -0.4 is 10.6 Å². The van der Waals surface area contributed by atoms with Crippen LogP contribution in [0.5, 0.6) is 0 Å². The molecule has 1 aliphatic carbocycles. The van der Waals surface area contributed by atoms with E-state index in [1.54, 1.807) is 30.3 Å². The van der Waals surface area contributed by atoms with Crippen molar-refractivity contribution in [3.8, 4) is 0 Å². The lowest BCUT2D eigenvalue weighted by molar-refractivity contribution is -0.119. The second-order valence-electron chi connectivity index (χ2n) is 8.25. The number of nitrogens with one attached hydrogen (secondary N) is 2. The second-order valence-corrected chi connectivity index (χ2v) is 9.60. The summed E-state index contributed by atoms with van der Waals surface area (Å²) in [5.74, 6) is 0.678. The van der Waals surface area contributed by atoms with Crippen molar-refractivity contribution >= 4 is 35.2 Å². The fourth-order valence-electron chi connectivity index (χ4n) is 3.80. The van der Waals surface area contributed by atoms with Gasteiger partial charge in [-0.25, -0.2) is 0 Å². The van der Waals surface area contributed by atoms with E-state index in [2.05, 4.69) is 27.4 Å². The predicted molar refractivity (Wildman–Crippen MR) is 128 cm³/mol. The Balaban J connectivity index is 1.74. The second kappa shape index (κ2) is 11.5. The largest absolute Gasteiger partial charge is 0.353 e. The summed E-state index contributed by atoms with van der Waals surface area (Å²) in [6.45, 7) is 8.32. The average Bonchev–Trinajstić information content (AvgIpc) is 3.41. The van der Waals surface area contributed by atoms with Gasteiger partial charge in [0.2, 0.25) is 5.91 Å². The van der Waals surface area contributed by atoms with Crippen molar-refractivity contribution in [3.05, 3.63) is 53.3 Å². The molecule has 0 radical (unpaired) electrons. The number of hydrogen-bond donors (Lipinski definition) is 2. The Morgan fingerprint density at radius 1 is 1.28 bits per heavy atom. The highest BCUT2D eigenvalue weighted by Gasteiger charge is 2.27. The van der Waals surface area contributed by atoms with E-state index in [0.29, 0.717) is 28.1 Å². The fraction of sp³-hybridized carbons (Fsp3) is 0.478. The van der Waals surface area contributed by atoms with Gasteiger partial charge in [0.25, 0.3) is 5.91 Å². The van der Waals surface area contributed by atoms with E-state index in [9.17, 15) is 9.59 Å². The summed E-state index contributed by atoms with van der Waals surface area (Å²) in [4.78, 5) is 25.2. The number of benzene rings is 1. The number of carbonyl (C=O) groups excluding carboxylic acids is 2. The summed E-state index contributed by atoms with van der Waals surface area (Å²) < 4.78 is 1.90. The molecule has 1 aromatic carbocycles. The molecule has 1 aromatic heterocycles. The highest BCUT2D eigenvalue weighted by Crippen LogP contribution is 2.26. The molecule has 1 saturated carbocycles. The van der Waals surface area contributed by atoms with Crippen molar-refractivity contribution in [2.45, 2.75) is 63.3 Å². The third-order valence-electron chi connectivity index (χ3n) is 5.46. The molecular weight excluding hydrogens is 446 g/mol. The normalized spacial score (nSPS) is 15.0. The van der Waals surface area contributed by atoms with E-state index in [1.807, 2.05) is 18.4 Å². The Bertz CT molecular complexity index is 956. The lowest BCUT2D eigenvalue weighted by Crippen LogP contribution is -2.34. The Labute approximate surface area is 198 Å². The van der Waals surface area contributed by atoms with Gasteiger partial charge in [-0.15, -0.1) is 16.8 Å². The molecule has 0 aliphatic heterocycles. The minimum Gasteiger partial charge on any atom is -0.353 e. The monoisotopic (exact) mass is 475 g/mol. The number of hydrogen-bond acceptors (Lipinski definition) is 5. The number of thioether (sulfide) groups is 1. The SMILES string of the molecule is C=CCn1c(SCC(=O)NC2CCCC2)nnc1[C@@H](NC(=O)c1ccccc1Cl)C(C)C. The van der Waals surface area contributed by atoms with Crippen LogP contribution in [0.15, 0.2) is 42.1 Å². The zero-order valence-corrected chi connectivity index (χ0v) is 20.1. The first-order valence-corrected chi connectivity index (χ1v) is 12.3. The average molecular weight is 476 g/mol. The van der Waals surface area contributed by atoms with Crippen LogP contribution in [-0.4, -0.2) is 38.4 Å². The molecule has 1 fully saturated rings. The standard InChI is InChI=1S/C23H30ClN5O2S/c1-4-13-29-21(20(15(2)3)26-22(31)17-11-7-8-12-18(17)24)27-28-23(29)32-14-19(30)25-16-9-5-6-10-16/h4,7-8,11-12,15-16,20H,1,5-6,9-10,13-14H2,2-3H3,(H,25,30)(H,26,31)/t20-/m0/s1. The lowest BCUT2D eigenvalue weighted by atomic mass is 10.0. The molecule has 2 amide bonds. The zero-order valence-electron chi connectivity index (χ0n) is 18.5. The van der Waals surface area contributed by atoms with Crippen molar-refractivity contribution < 1.29 is 9.59 Å². The van der Waals surface area contributed by atoms with E-state index in [-0.39, 0.29) is 35.6 Å². The molecular formula is C23H30ClN5O2S. The topological polar surface area (TPSA) is 88.9 Å².